The normalized spacial score (nSPS) is 21.6. The molecule has 1 aliphatic heterocycles. The maximum Gasteiger partial charge on any atom is 0.0599 e. The Kier molecular flexibility index (Phi) is 6.06. The third-order valence-corrected chi connectivity index (χ3v) is 5.78. The lowest BCUT2D eigenvalue weighted by Crippen LogP contribution is -2.55. The maximum absolute atomic E-state index is 3.83. The summed E-state index contributed by atoms with van der Waals surface area (Å²) in [6.07, 6.45) is 6.53. The van der Waals surface area contributed by atoms with Crippen molar-refractivity contribution in [2.75, 3.05) is 19.6 Å². The van der Waals surface area contributed by atoms with Crippen molar-refractivity contribution in [2.24, 2.45) is 0 Å². The Bertz CT molecular complexity index is 370. The van der Waals surface area contributed by atoms with E-state index in [4.69, 9.17) is 0 Å². The predicted molar refractivity (Wildman–Crippen MR) is 89.5 cm³/mol. The van der Waals surface area contributed by atoms with E-state index < -0.39 is 0 Å². The first-order chi connectivity index (χ1) is 9.72. The zero-order valence-electron chi connectivity index (χ0n) is 13.3. The molecule has 2 heterocycles. The van der Waals surface area contributed by atoms with Crippen molar-refractivity contribution in [2.45, 2.75) is 64.5 Å². The fraction of sp³-hybridized carbons (Fsp3) is 0.765. The predicted octanol–water partition coefficient (Wildman–Crippen LogP) is 4.44. The van der Waals surface area contributed by atoms with Crippen molar-refractivity contribution in [3.63, 3.8) is 0 Å². The van der Waals surface area contributed by atoms with Crippen LogP contribution in [0.5, 0.6) is 0 Å². The van der Waals surface area contributed by atoms with Gasteiger partial charge in [-0.15, -0.1) is 11.3 Å². The minimum absolute atomic E-state index is 0.237. The summed E-state index contributed by atoms with van der Waals surface area (Å²) in [6, 6.07) is 4.95. The maximum atomic E-state index is 3.83. The summed E-state index contributed by atoms with van der Waals surface area (Å²) in [6.45, 7) is 10.7. The first-order valence-electron chi connectivity index (χ1n) is 8.24. The fourth-order valence-electron chi connectivity index (χ4n) is 3.39. The molecule has 0 radical (unpaired) electrons. The Hall–Kier alpha value is -0.380. The third kappa shape index (κ3) is 3.44. The molecule has 0 aromatic carbocycles. The fourth-order valence-corrected chi connectivity index (χ4v) is 4.33. The molecule has 0 saturated carbocycles. The number of likely N-dealkylation sites (tertiary alicyclic amines) is 1. The van der Waals surface area contributed by atoms with Gasteiger partial charge in [-0.3, -0.25) is 4.90 Å². The van der Waals surface area contributed by atoms with Gasteiger partial charge in [-0.1, -0.05) is 26.3 Å². The van der Waals surface area contributed by atoms with Crippen molar-refractivity contribution in [3.8, 4) is 0 Å². The number of thiophene rings is 1. The molecule has 2 atom stereocenters. The lowest BCUT2D eigenvalue weighted by molar-refractivity contribution is 0.0435. The van der Waals surface area contributed by atoms with Crippen LogP contribution in [-0.2, 0) is 0 Å². The summed E-state index contributed by atoms with van der Waals surface area (Å²) in [5.74, 6) is 0. The van der Waals surface area contributed by atoms with E-state index in [1.807, 2.05) is 11.3 Å². The quantitative estimate of drug-likeness (QED) is 0.799. The third-order valence-electron chi connectivity index (χ3n) is 4.84. The van der Waals surface area contributed by atoms with Crippen LogP contribution in [0.4, 0.5) is 0 Å². The smallest absolute Gasteiger partial charge is 0.0599 e. The first-order valence-corrected chi connectivity index (χ1v) is 9.12. The number of piperidine rings is 1. The summed E-state index contributed by atoms with van der Waals surface area (Å²) in [5, 5.41) is 6.04. The van der Waals surface area contributed by atoms with Gasteiger partial charge >= 0.3 is 0 Å². The molecule has 0 spiro atoms. The monoisotopic (exact) mass is 294 g/mol. The Morgan fingerprint density at radius 2 is 2.05 bits per heavy atom. The highest BCUT2D eigenvalue weighted by atomic mass is 32.1. The average molecular weight is 295 g/mol. The largest absolute Gasteiger partial charge is 0.308 e. The van der Waals surface area contributed by atoms with Crippen LogP contribution in [0.25, 0.3) is 0 Å². The van der Waals surface area contributed by atoms with E-state index in [2.05, 4.69) is 48.5 Å². The second-order valence-corrected chi connectivity index (χ2v) is 7.14. The van der Waals surface area contributed by atoms with Crippen LogP contribution in [0.2, 0.25) is 0 Å². The molecular weight excluding hydrogens is 264 g/mol. The average Bonchev–Trinajstić information content (AvgIpc) is 3.02. The van der Waals surface area contributed by atoms with Gasteiger partial charge in [-0.25, -0.2) is 0 Å². The highest BCUT2D eigenvalue weighted by molar-refractivity contribution is 7.10. The van der Waals surface area contributed by atoms with Gasteiger partial charge in [-0.05, 0) is 63.7 Å². The van der Waals surface area contributed by atoms with Crippen LogP contribution in [-0.4, -0.2) is 30.1 Å². The molecule has 1 fully saturated rings. The minimum Gasteiger partial charge on any atom is -0.308 e. The molecule has 3 heteroatoms. The molecular formula is C17H30N2S. The van der Waals surface area contributed by atoms with Crippen molar-refractivity contribution < 1.29 is 0 Å². The molecule has 1 aliphatic rings. The van der Waals surface area contributed by atoms with Crippen molar-refractivity contribution in [1.29, 1.82) is 0 Å². The SMILES string of the molecule is CCCNC(c1cccs1)C(C)(CC)N1CCCCC1. The minimum atomic E-state index is 0.237. The van der Waals surface area contributed by atoms with Crippen molar-refractivity contribution in [1.82, 2.24) is 10.2 Å². The van der Waals surface area contributed by atoms with E-state index >= 15 is 0 Å². The van der Waals surface area contributed by atoms with Crippen LogP contribution < -0.4 is 5.32 Å². The number of hydrogen-bond acceptors (Lipinski definition) is 3. The van der Waals surface area contributed by atoms with Crippen molar-refractivity contribution >= 4 is 11.3 Å². The van der Waals surface area contributed by atoms with E-state index in [0.29, 0.717) is 6.04 Å². The first kappa shape index (κ1) is 16.0. The molecule has 2 unspecified atom stereocenters. The van der Waals surface area contributed by atoms with E-state index in [1.54, 1.807) is 0 Å². The number of rotatable bonds is 7. The molecule has 20 heavy (non-hydrogen) atoms. The summed E-state index contributed by atoms with van der Waals surface area (Å²) in [5.41, 5.74) is 0.237. The molecule has 1 N–H and O–H groups in total. The molecule has 1 aromatic heterocycles. The van der Waals surface area contributed by atoms with Crippen LogP contribution in [0, 0.1) is 0 Å². The van der Waals surface area contributed by atoms with Crippen LogP contribution >= 0.6 is 11.3 Å². The van der Waals surface area contributed by atoms with E-state index in [0.717, 1.165) is 6.54 Å². The van der Waals surface area contributed by atoms with Crippen LogP contribution in [0.3, 0.4) is 0 Å². The Labute approximate surface area is 128 Å². The van der Waals surface area contributed by atoms with E-state index in [1.165, 1.54) is 50.1 Å². The van der Waals surface area contributed by atoms with E-state index in [9.17, 15) is 0 Å². The highest BCUT2D eigenvalue weighted by Crippen LogP contribution is 2.37. The lowest BCUT2D eigenvalue weighted by atomic mass is 9.84. The number of hydrogen-bond donors (Lipinski definition) is 1. The molecule has 0 bridgehead atoms. The topological polar surface area (TPSA) is 15.3 Å². The van der Waals surface area contributed by atoms with Crippen LogP contribution in [0.15, 0.2) is 17.5 Å². The highest BCUT2D eigenvalue weighted by Gasteiger charge is 2.39. The number of nitrogens with zero attached hydrogens (tertiary/aromatic N) is 1. The Morgan fingerprint density at radius 1 is 1.30 bits per heavy atom. The summed E-state index contributed by atoms with van der Waals surface area (Å²) in [7, 11) is 0. The molecule has 0 amide bonds. The Morgan fingerprint density at radius 3 is 2.60 bits per heavy atom. The van der Waals surface area contributed by atoms with Gasteiger partial charge in [0, 0.05) is 10.4 Å². The van der Waals surface area contributed by atoms with Gasteiger partial charge in [0.2, 0.25) is 0 Å². The standard InChI is InChI=1S/C17H30N2S/c1-4-11-18-16(15-10-9-14-20-15)17(3,5-2)19-12-7-6-8-13-19/h9-10,14,16,18H,4-8,11-13H2,1-3H3. The van der Waals surface area contributed by atoms with Gasteiger partial charge < -0.3 is 5.32 Å². The van der Waals surface area contributed by atoms with Gasteiger partial charge in [0.25, 0.3) is 0 Å². The molecule has 2 nitrogen and oxygen atoms in total. The zero-order valence-corrected chi connectivity index (χ0v) is 14.1. The Balaban J connectivity index is 2.22. The van der Waals surface area contributed by atoms with Crippen LogP contribution in [0.1, 0.15) is 63.8 Å². The molecule has 0 aliphatic carbocycles. The molecule has 114 valence electrons. The van der Waals surface area contributed by atoms with Gasteiger partial charge in [0.05, 0.1) is 6.04 Å². The summed E-state index contributed by atoms with van der Waals surface area (Å²) < 4.78 is 0. The van der Waals surface area contributed by atoms with E-state index in [-0.39, 0.29) is 5.54 Å². The van der Waals surface area contributed by atoms with Gasteiger partial charge in [-0.2, -0.15) is 0 Å². The second-order valence-electron chi connectivity index (χ2n) is 6.16. The molecule has 2 rings (SSSR count). The molecule has 1 aromatic rings. The summed E-state index contributed by atoms with van der Waals surface area (Å²) >= 11 is 1.90. The van der Waals surface area contributed by atoms with Gasteiger partial charge in [0.15, 0.2) is 0 Å². The lowest BCUT2D eigenvalue weighted by Gasteiger charge is -2.48. The number of nitrogens with one attached hydrogen (secondary N) is 1. The van der Waals surface area contributed by atoms with Crippen molar-refractivity contribution in [3.05, 3.63) is 22.4 Å². The molecule has 1 saturated heterocycles. The van der Waals surface area contributed by atoms with Gasteiger partial charge in [0.1, 0.15) is 0 Å². The zero-order chi connectivity index (χ0) is 14.4. The second kappa shape index (κ2) is 7.58. The summed E-state index contributed by atoms with van der Waals surface area (Å²) in [4.78, 5) is 4.23.